The van der Waals surface area contributed by atoms with Crippen LogP contribution in [0.2, 0.25) is 0 Å². The van der Waals surface area contributed by atoms with Gasteiger partial charge in [0.05, 0.1) is 11.6 Å². The van der Waals surface area contributed by atoms with Gasteiger partial charge in [0.1, 0.15) is 11.5 Å². The molecule has 90 valence electrons. The molecular formula is C11H15BrClNO2. The number of methoxy groups -OCH3 is 1. The zero-order chi connectivity index (χ0) is 11.4. The fourth-order valence-corrected chi connectivity index (χ4v) is 1.76. The van der Waals surface area contributed by atoms with E-state index in [0.717, 1.165) is 0 Å². The van der Waals surface area contributed by atoms with Gasteiger partial charge in [0, 0.05) is 11.6 Å². The third-order valence-electron chi connectivity index (χ3n) is 2.12. The molecule has 1 atom stereocenters. The third-order valence-corrected chi connectivity index (χ3v) is 2.73. The minimum absolute atomic E-state index is 0. The van der Waals surface area contributed by atoms with Crippen molar-refractivity contribution in [2.24, 2.45) is 5.73 Å². The van der Waals surface area contributed by atoms with Crippen LogP contribution in [0.15, 0.2) is 29.3 Å². The zero-order valence-electron chi connectivity index (χ0n) is 8.94. The second kappa shape index (κ2) is 6.78. The first kappa shape index (κ1) is 15.3. The summed E-state index contributed by atoms with van der Waals surface area (Å²) in [7, 11) is 1.57. The Kier molecular flexibility index (Phi) is 6.48. The molecule has 0 aliphatic carbocycles. The minimum Gasteiger partial charge on any atom is -0.506 e. The molecule has 3 N–H and O–H groups in total. The van der Waals surface area contributed by atoms with Gasteiger partial charge >= 0.3 is 0 Å². The van der Waals surface area contributed by atoms with Crippen molar-refractivity contribution in [2.45, 2.75) is 12.5 Å². The summed E-state index contributed by atoms with van der Waals surface area (Å²) >= 11 is 3.25. The Morgan fingerprint density at radius 1 is 1.62 bits per heavy atom. The number of phenolic OH excluding ortho intramolecular Hbond substituents is 1. The predicted octanol–water partition coefficient (Wildman–Crippen LogP) is 3.16. The Morgan fingerprint density at radius 2 is 2.25 bits per heavy atom. The average molecular weight is 309 g/mol. The highest BCUT2D eigenvalue weighted by Crippen LogP contribution is 2.36. The summed E-state index contributed by atoms with van der Waals surface area (Å²) < 4.78 is 5.68. The van der Waals surface area contributed by atoms with Crippen molar-refractivity contribution in [3.05, 3.63) is 34.8 Å². The summed E-state index contributed by atoms with van der Waals surface area (Å²) in [5.41, 5.74) is 6.55. The van der Waals surface area contributed by atoms with E-state index in [-0.39, 0.29) is 24.2 Å². The van der Waals surface area contributed by atoms with Crippen LogP contribution in [0.25, 0.3) is 0 Å². The van der Waals surface area contributed by atoms with E-state index >= 15 is 0 Å². The maximum absolute atomic E-state index is 9.80. The number of benzene rings is 1. The second-order valence-corrected chi connectivity index (χ2v) is 4.03. The van der Waals surface area contributed by atoms with Crippen LogP contribution in [-0.2, 0) is 0 Å². The molecule has 0 fully saturated rings. The molecule has 0 heterocycles. The number of nitrogens with two attached hydrogens (primary N) is 1. The van der Waals surface area contributed by atoms with Crippen molar-refractivity contribution < 1.29 is 9.84 Å². The fraction of sp³-hybridized carbons (Fsp3) is 0.273. The number of aromatic hydroxyl groups is 1. The molecule has 0 amide bonds. The standard InChI is InChI=1S/C11H14BrNO2.ClH/c1-3-4-10(13)8-5-7(15-2)6-9(12)11(8)14;/h3,5-6,10,14H,1,4,13H2,2H3;1H/t10-;/m0./s1. The molecule has 1 rings (SSSR count). The molecule has 0 aliphatic rings. The smallest absolute Gasteiger partial charge is 0.134 e. The lowest BCUT2D eigenvalue weighted by Gasteiger charge is -2.14. The van der Waals surface area contributed by atoms with Crippen molar-refractivity contribution in [1.82, 2.24) is 0 Å². The van der Waals surface area contributed by atoms with Crippen molar-refractivity contribution in [3.8, 4) is 11.5 Å². The number of halogens is 2. The van der Waals surface area contributed by atoms with E-state index in [1.54, 1.807) is 25.3 Å². The van der Waals surface area contributed by atoms with Gasteiger partial charge in [0.2, 0.25) is 0 Å². The van der Waals surface area contributed by atoms with Crippen molar-refractivity contribution in [2.75, 3.05) is 7.11 Å². The molecule has 0 radical (unpaired) electrons. The molecule has 1 aromatic rings. The molecule has 0 spiro atoms. The molecule has 16 heavy (non-hydrogen) atoms. The van der Waals surface area contributed by atoms with Crippen molar-refractivity contribution in [3.63, 3.8) is 0 Å². The maximum atomic E-state index is 9.80. The van der Waals surface area contributed by atoms with Crippen LogP contribution in [0.3, 0.4) is 0 Å². The average Bonchev–Trinajstić information content (AvgIpc) is 2.22. The monoisotopic (exact) mass is 307 g/mol. The highest BCUT2D eigenvalue weighted by Gasteiger charge is 2.14. The van der Waals surface area contributed by atoms with Gasteiger partial charge in [-0.25, -0.2) is 0 Å². The Balaban J connectivity index is 0.00000225. The molecule has 0 unspecified atom stereocenters. The van der Waals surface area contributed by atoms with Crippen LogP contribution in [0.5, 0.6) is 11.5 Å². The Morgan fingerprint density at radius 3 is 2.75 bits per heavy atom. The highest BCUT2D eigenvalue weighted by atomic mass is 79.9. The highest BCUT2D eigenvalue weighted by molar-refractivity contribution is 9.10. The van der Waals surface area contributed by atoms with Crippen LogP contribution >= 0.6 is 28.3 Å². The van der Waals surface area contributed by atoms with Crippen molar-refractivity contribution in [1.29, 1.82) is 0 Å². The van der Waals surface area contributed by atoms with E-state index in [9.17, 15) is 5.11 Å². The largest absolute Gasteiger partial charge is 0.506 e. The van der Waals surface area contributed by atoms with Gasteiger partial charge in [-0.2, -0.15) is 0 Å². The van der Waals surface area contributed by atoms with E-state index in [2.05, 4.69) is 22.5 Å². The SMILES string of the molecule is C=CC[C@H](N)c1cc(OC)cc(Br)c1O.Cl. The number of rotatable bonds is 4. The molecule has 0 aromatic heterocycles. The van der Waals surface area contributed by atoms with Crippen LogP contribution in [0.4, 0.5) is 0 Å². The lowest BCUT2D eigenvalue weighted by atomic mass is 10.0. The van der Waals surface area contributed by atoms with Crippen LogP contribution in [-0.4, -0.2) is 12.2 Å². The Hall–Kier alpha value is -0.710. The van der Waals surface area contributed by atoms with Crippen molar-refractivity contribution >= 4 is 28.3 Å². The summed E-state index contributed by atoms with van der Waals surface area (Å²) in [5, 5.41) is 9.80. The first-order valence-electron chi connectivity index (χ1n) is 4.53. The quantitative estimate of drug-likeness (QED) is 0.840. The van der Waals surface area contributed by atoms with E-state index < -0.39 is 0 Å². The van der Waals surface area contributed by atoms with Crippen LogP contribution < -0.4 is 10.5 Å². The molecule has 1 aromatic carbocycles. The van der Waals surface area contributed by atoms with E-state index in [1.807, 2.05) is 0 Å². The van der Waals surface area contributed by atoms with Gasteiger partial charge in [-0.15, -0.1) is 19.0 Å². The number of hydrogen-bond donors (Lipinski definition) is 2. The molecular weight excluding hydrogens is 293 g/mol. The zero-order valence-corrected chi connectivity index (χ0v) is 11.3. The lowest BCUT2D eigenvalue weighted by Crippen LogP contribution is -2.09. The lowest BCUT2D eigenvalue weighted by molar-refractivity contribution is 0.408. The normalized spacial score (nSPS) is 11.4. The van der Waals surface area contributed by atoms with Gasteiger partial charge in [-0.1, -0.05) is 6.08 Å². The fourth-order valence-electron chi connectivity index (χ4n) is 1.30. The Labute approximate surface area is 110 Å². The summed E-state index contributed by atoms with van der Waals surface area (Å²) in [5.74, 6) is 0.819. The summed E-state index contributed by atoms with van der Waals surface area (Å²) in [6.07, 6.45) is 2.32. The van der Waals surface area contributed by atoms with E-state index in [4.69, 9.17) is 10.5 Å². The first-order valence-corrected chi connectivity index (χ1v) is 5.32. The maximum Gasteiger partial charge on any atom is 0.134 e. The number of ether oxygens (including phenoxy) is 1. The van der Waals surface area contributed by atoms with E-state index in [0.29, 0.717) is 22.2 Å². The predicted molar refractivity (Wildman–Crippen MR) is 71.3 cm³/mol. The van der Waals surface area contributed by atoms with Crippen LogP contribution in [0, 0.1) is 0 Å². The third kappa shape index (κ3) is 3.40. The molecule has 0 bridgehead atoms. The van der Waals surface area contributed by atoms with Gasteiger partial charge in [0.15, 0.2) is 0 Å². The van der Waals surface area contributed by atoms with Gasteiger partial charge in [-0.05, 0) is 34.5 Å². The summed E-state index contributed by atoms with van der Waals surface area (Å²) in [6.45, 7) is 3.62. The number of hydrogen-bond acceptors (Lipinski definition) is 3. The second-order valence-electron chi connectivity index (χ2n) is 3.18. The Bertz CT molecular complexity index is 371. The van der Waals surface area contributed by atoms with E-state index in [1.165, 1.54) is 0 Å². The first-order chi connectivity index (χ1) is 7.10. The van der Waals surface area contributed by atoms with Crippen LogP contribution in [0.1, 0.15) is 18.0 Å². The molecule has 5 heteroatoms. The molecule has 0 saturated carbocycles. The molecule has 0 aliphatic heterocycles. The van der Waals surface area contributed by atoms with Gasteiger partial charge in [-0.3, -0.25) is 0 Å². The molecule has 0 saturated heterocycles. The summed E-state index contributed by atoms with van der Waals surface area (Å²) in [6, 6.07) is 3.15. The number of phenols is 1. The van der Waals surface area contributed by atoms with Gasteiger partial charge < -0.3 is 15.6 Å². The minimum atomic E-state index is -0.270. The van der Waals surface area contributed by atoms with Gasteiger partial charge in [0.25, 0.3) is 0 Å². The molecule has 3 nitrogen and oxygen atoms in total. The topological polar surface area (TPSA) is 55.5 Å². The summed E-state index contributed by atoms with van der Waals surface area (Å²) in [4.78, 5) is 0.